The van der Waals surface area contributed by atoms with Crippen LogP contribution in [0.25, 0.3) is 11.7 Å². The first-order valence-corrected chi connectivity index (χ1v) is 6.40. The Balaban J connectivity index is 1.66. The highest BCUT2D eigenvalue weighted by atomic mass is 35.5. The van der Waals surface area contributed by atoms with Crippen molar-refractivity contribution in [3.8, 4) is 11.7 Å². The van der Waals surface area contributed by atoms with Gasteiger partial charge in [0.05, 0.1) is 16.8 Å². The number of nitrogens with zero attached hydrogens (tertiary/aromatic N) is 2. The molecule has 0 saturated carbocycles. The van der Waals surface area contributed by atoms with Crippen molar-refractivity contribution in [3.05, 3.63) is 59.1 Å². The van der Waals surface area contributed by atoms with Gasteiger partial charge >= 0.3 is 5.97 Å². The van der Waals surface area contributed by atoms with E-state index < -0.39 is 5.97 Å². The zero-order valence-electron chi connectivity index (χ0n) is 10.7. The van der Waals surface area contributed by atoms with Crippen molar-refractivity contribution in [1.29, 1.82) is 0 Å². The van der Waals surface area contributed by atoms with Gasteiger partial charge in [0.15, 0.2) is 12.4 Å². The number of carbonyl (C=O) groups is 1. The third kappa shape index (κ3) is 2.95. The van der Waals surface area contributed by atoms with E-state index in [2.05, 4.69) is 10.2 Å². The lowest BCUT2D eigenvalue weighted by molar-refractivity contribution is 0.0439. The van der Waals surface area contributed by atoms with E-state index in [0.717, 1.165) is 0 Å². The van der Waals surface area contributed by atoms with E-state index in [0.29, 0.717) is 10.8 Å². The van der Waals surface area contributed by atoms with Crippen LogP contribution in [-0.2, 0) is 11.3 Å². The summed E-state index contributed by atoms with van der Waals surface area (Å²) < 4.78 is 15.5. The quantitative estimate of drug-likeness (QED) is 0.688. The Morgan fingerprint density at radius 3 is 2.81 bits per heavy atom. The Labute approximate surface area is 124 Å². The van der Waals surface area contributed by atoms with Gasteiger partial charge in [-0.3, -0.25) is 0 Å². The van der Waals surface area contributed by atoms with Crippen LogP contribution in [-0.4, -0.2) is 16.2 Å². The molecule has 0 aliphatic carbocycles. The topological polar surface area (TPSA) is 78.4 Å². The third-order valence-electron chi connectivity index (χ3n) is 2.62. The van der Waals surface area contributed by atoms with E-state index in [9.17, 15) is 4.79 Å². The summed E-state index contributed by atoms with van der Waals surface area (Å²) in [5.74, 6) is 0.287. The second-order valence-electron chi connectivity index (χ2n) is 4.03. The largest absolute Gasteiger partial charge is 0.459 e. The van der Waals surface area contributed by atoms with Crippen LogP contribution >= 0.6 is 11.6 Å². The number of hydrogen-bond donors (Lipinski definition) is 0. The maximum atomic E-state index is 11.9. The van der Waals surface area contributed by atoms with Crippen molar-refractivity contribution in [1.82, 2.24) is 10.2 Å². The number of benzene rings is 1. The Bertz CT molecular complexity index is 752. The number of esters is 1. The molecule has 1 aromatic carbocycles. The van der Waals surface area contributed by atoms with Gasteiger partial charge in [-0.2, -0.15) is 0 Å². The second-order valence-corrected chi connectivity index (χ2v) is 4.44. The molecule has 0 atom stereocenters. The monoisotopic (exact) mass is 304 g/mol. The number of rotatable bonds is 4. The SMILES string of the molecule is O=C(OCc1nnc(-c2ccco2)o1)c1ccccc1Cl. The zero-order valence-corrected chi connectivity index (χ0v) is 11.4. The van der Waals surface area contributed by atoms with Gasteiger partial charge in [-0.1, -0.05) is 23.7 Å². The lowest BCUT2D eigenvalue weighted by Crippen LogP contribution is -2.06. The first kappa shape index (κ1) is 13.4. The zero-order chi connectivity index (χ0) is 14.7. The summed E-state index contributed by atoms with van der Waals surface area (Å²) in [4.78, 5) is 11.9. The minimum atomic E-state index is -0.557. The molecule has 6 nitrogen and oxygen atoms in total. The van der Waals surface area contributed by atoms with Gasteiger partial charge in [0.2, 0.25) is 0 Å². The number of ether oxygens (including phenoxy) is 1. The van der Waals surface area contributed by atoms with Gasteiger partial charge in [0.1, 0.15) is 0 Å². The molecule has 0 spiro atoms. The van der Waals surface area contributed by atoms with Crippen LogP contribution in [0.15, 0.2) is 51.5 Å². The summed E-state index contributed by atoms with van der Waals surface area (Å²) in [7, 11) is 0. The summed E-state index contributed by atoms with van der Waals surface area (Å²) in [6.45, 7) is -0.141. The molecular weight excluding hydrogens is 296 g/mol. The third-order valence-corrected chi connectivity index (χ3v) is 2.95. The average molecular weight is 305 g/mol. The lowest BCUT2D eigenvalue weighted by atomic mass is 10.2. The molecule has 0 bridgehead atoms. The fraction of sp³-hybridized carbons (Fsp3) is 0.0714. The van der Waals surface area contributed by atoms with Crippen LogP contribution in [0.3, 0.4) is 0 Å². The Morgan fingerprint density at radius 1 is 1.19 bits per heavy atom. The molecule has 2 aromatic heterocycles. The second kappa shape index (κ2) is 5.80. The maximum Gasteiger partial charge on any atom is 0.340 e. The molecule has 106 valence electrons. The molecular formula is C14H9ClN2O4. The maximum absolute atomic E-state index is 11.9. The molecule has 0 fully saturated rings. The Kier molecular flexibility index (Phi) is 3.70. The minimum absolute atomic E-state index is 0.141. The highest BCUT2D eigenvalue weighted by Gasteiger charge is 2.15. The molecule has 0 amide bonds. The molecule has 3 rings (SSSR count). The molecule has 3 aromatic rings. The summed E-state index contributed by atoms with van der Waals surface area (Å²) in [6, 6.07) is 10.0. The van der Waals surface area contributed by atoms with Gasteiger partial charge in [0.25, 0.3) is 11.8 Å². The van der Waals surface area contributed by atoms with Gasteiger partial charge in [-0.15, -0.1) is 10.2 Å². The summed E-state index contributed by atoms with van der Waals surface area (Å²) in [6.07, 6.45) is 1.50. The number of aromatic nitrogens is 2. The van der Waals surface area contributed by atoms with Crippen LogP contribution in [0.4, 0.5) is 0 Å². The minimum Gasteiger partial charge on any atom is -0.459 e. The molecule has 7 heteroatoms. The molecule has 0 unspecified atom stereocenters. The average Bonchev–Trinajstić information content (AvgIpc) is 3.16. The van der Waals surface area contributed by atoms with Crippen molar-refractivity contribution in [2.75, 3.05) is 0 Å². The molecule has 0 saturated heterocycles. The van der Waals surface area contributed by atoms with Gasteiger partial charge < -0.3 is 13.6 Å². The van der Waals surface area contributed by atoms with Crippen molar-refractivity contribution < 1.29 is 18.4 Å². The summed E-state index contributed by atoms with van der Waals surface area (Å²) >= 11 is 5.91. The molecule has 2 heterocycles. The fourth-order valence-corrected chi connectivity index (χ4v) is 1.86. The fourth-order valence-electron chi connectivity index (χ4n) is 1.64. The van der Waals surface area contributed by atoms with E-state index in [1.54, 1.807) is 36.4 Å². The highest BCUT2D eigenvalue weighted by Crippen LogP contribution is 2.19. The standard InChI is InChI=1S/C14H9ClN2O4/c15-10-5-2-1-4-9(10)14(18)20-8-12-16-17-13(21-12)11-6-3-7-19-11/h1-7H,8H2. The van der Waals surface area contributed by atoms with E-state index in [4.69, 9.17) is 25.2 Å². The van der Waals surface area contributed by atoms with Gasteiger partial charge in [-0.25, -0.2) is 4.79 Å². The van der Waals surface area contributed by atoms with Crippen molar-refractivity contribution in [2.24, 2.45) is 0 Å². The molecule has 0 aliphatic rings. The summed E-state index contributed by atoms with van der Waals surface area (Å²) in [5.41, 5.74) is 0.282. The van der Waals surface area contributed by atoms with Gasteiger partial charge in [-0.05, 0) is 24.3 Å². The van der Waals surface area contributed by atoms with Crippen molar-refractivity contribution in [3.63, 3.8) is 0 Å². The predicted molar refractivity (Wildman–Crippen MR) is 72.6 cm³/mol. The van der Waals surface area contributed by atoms with Crippen molar-refractivity contribution >= 4 is 17.6 Å². The number of halogens is 1. The lowest BCUT2D eigenvalue weighted by Gasteiger charge is -2.03. The highest BCUT2D eigenvalue weighted by molar-refractivity contribution is 6.33. The number of carbonyl (C=O) groups excluding carboxylic acids is 1. The van der Waals surface area contributed by atoms with E-state index in [-0.39, 0.29) is 24.0 Å². The first-order valence-electron chi connectivity index (χ1n) is 6.02. The molecule has 0 N–H and O–H groups in total. The van der Waals surface area contributed by atoms with Crippen molar-refractivity contribution in [2.45, 2.75) is 6.61 Å². The van der Waals surface area contributed by atoms with Crippen LogP contribution in [0.1, 0.15) is 16.2 Å². The van der Waals surface area contributed by atoms with Crippen LogP contribution in [0.5, 0.6) is 0 Å². The molecule has 0 radical (unpaired) electrons. The Hall–Kier alpha value is -2.60. The van der Waals surface area contributed by atoms with E-state index in [1.165, 1.54) is 6.26 Å². The van der Waals surface area contributed by atoms with Crippen LogP contribution < -0.4 is 0 Å². The molecule has 0 aliphatic heterocycles. The summed E-state index contributed by atoms with van der Waals surface area (Å²) in [5, 5.41) is 7.90. The normalized spacial score (nSPS) is 10.5. The first-order chi connectivity index (χ1) is 10.2. The number of hydrogen-bond acceptors (Lipinski definition) is 6. The van der Waals surface area contributed by atoms with E-state index >= 15 is 0 Å². The van der Waals surface area contributed by atoms with Crippen LogP contribution in [0, 0.1) is 0 Å². The van der Waals surface area contributed by atoms with E-state index in [1.807, 2.05) is 0 Å². The van der Waals surface area contributed by atoms with Crippen LogP contribution in [0.2, 0.25) is 5.02 Å². The Morgan fingerprint density at radius 2 is 2.05 bits per heavy atom. The van der Waals surface area contributed by atoms with Gasteiger partial charge in [0, 0.05) is 0 Å². The number of furan rings is 1. The molecule has 21 heavy (non-hydrogen) atoms. The smallest absolute Gasteiger partial charge is 0.340 e. The predicted octanol–water partition coefficient (Wildman–Crippen LogP) is 3.34.